The molecule has 3 aliphatic heterocycles. The Bertz CT molecular complexity index is 5220. The molecular weight excluding hydrogens is 2190 g/mol. The molecule has 0 radical (unpaired) electrons. The molecule has 19 rings (SSSR count). The SMILES string of the molecule is CC(O)CC(C)O.CC(O)CC(C)O.CC(O)CC(C)O.CN1C=C(C2CCC(C)(C)CC2)N(c2[c-]cccc2)[CH-]1.CN1C=C(C2CCCCC2)N(c2[c-]cccc2)[CH-]1.CN1[CH-]N(c2[c-]cccc2)C=C1c1ccc(C2CCCCC2)cc1.[Ir+3].[Ir+3].[Ir+3].[c-]1ccccc1-c1nccc2ccccc12.[c-]1ccccc1-c1nccc2ccccc12.[c-]1ccccc1-c1nccc2ccccc12. The van der Waals surface area contributed by atoms with E-state index in [9.17, 15) is 0 Å². The number of anilines is 3. The third-order valence-corrected chi connectivity index (χ3v) is 23.7. The third-order valence-electron chi connectivity index (χ3n) is 23.7. The first-order valence-electron chi connectivity index (χ1n) is 46.7. The molecule has 0 spiro atoms. The maximum Gasteiger partial charge on any atom is 3.00 e. The summed E-state index contributed by atoms with van der Waals surface area (Å²) in [6.45, 7) is 21.2. The van der Waals surface area contributed by atoms with Crippen molar-refractivity contribution in [3.8, 4) is 33.8 Å². The van der Waals surface area contributed by atoms with Gasteiger partial charge in [0.2, 0.25) is 0 Å². The summed E-state index contributed by atoms with van der Waals surface area (Å²) in [5.74, 6) is 2.16. The zero-order valence-electron chi connectivity index (χ0n) is 79.4. The standard InChI is InChI=1S/C22H24N2.C18H24N2.C16H20N2.3C15H10N.3C5H12O2.3Ir/c1-23-17-24(21-10-6-3-7-11-21)16-22(23)20-14-12-19(13-15-20)18-8-4-2-5-9-18;1-18(2)11-9-15(10-12-18)17-13-19(3)14-20(17)16-7-5-4-6-8-16;1-17-12-16(14-8-4-2-5-9-14)18(13-17)15-10-6-3-7-11-15;3*1-2-7-13(8-3-1)15-14-9-5-4-6-12(14)10-11-16-15;3*1-4(6)3-5(2)7;;;/h3,6-7,10,12-18H,2,4-5,8-9H2,1H3;4-7,13-15H,9-12H2,1-3H3;3,6-7,10,12-14H,2,4-5,8-9H2,1H3;3*1-7,9-11H;3*4-7H,3H2,1-2H3;;;/q3*-2;3*-1;;;;3*+3. The van der Waals surface area contributed by atoms with E-state index >= 15 is 0 Å². The topological polar surface area (TPSA) is 179 Å². The Kier molecular flexibility index (Phi) is 46.8. The van der Waals surface area contributed by atoms with Gasteiger partial charge < -0.3 is 75.0 Å². The van der Waals surface area contributed by atoms with Crippen LogP contribution < -0.4 is 14.7 Å². The molecule has 706 valence electrons. The van der Waals surface area contributed by atoms with Gasteiger partial charge >= 0.3 is 60.3 Å². The molecule has 0 amide bonds. The smallest absolute Gasteiger partial charge is 0.510 e. The van der Waals surface area contributed by atoms with Gasteiger partial charge in [-0.3, -0.25) is 0 Å². The molecule has 6 heterocycles. The second kappa shape index (κ2) is 57.3. The molecule has 6 atom stereocenters. The van der Waals surface area contributed by atoms with Crippen molar-refractivity contribution in [3.63, 3.8) is 0 Å². The van der Waals surface area contributed by atoms with Gasteiger partial charge in [0.05, 0.1) is 36.6 Å². The number of aliphatic hydroxyl groups excluding tert-OH is 6. The van der Waals surface area contributed by atoms with Crippen LogP contribution in [-0.2, 0) is 60.3 Å². The Morgan fingerprint density at radius 1 is 0.343 bits per heavy atom. The Morgan fingerprint density at radius 2 is 0.657 bits per heavy atom. The van der Waals surface area contributed by atoms with Crippen LogP contribution in [0.2, 0.25) is 0 Å². The van der Waals surface area contributed by atoms with Crippen LogP contribution in [0.4, 0.5) is 17.1 Å². The number of aromatic nitrogens is 3. The summed E-state index contributed by atoms with van der Waals surface area (Å²) in [5.41, 5.74) is 16.9. The van der Waals surface area contributed by atoms with Crippen LogP contribution >= 0.6 is 0 Å². The van der Waals surface area contributed by atoms with E-state index in [1.165, 1.54) is 150 Å². The molecule has 13 aromatic rings. The van der Waals surface area contributed by atoms with Gasteiger partial charge in [-0.25, -0.2) is 0 Å². The molecule has 3 aliphatic carbocycles. The van der Waals surface area contributed by atoms with Crippen molar-refractivity contribution < 1.29 is 91.0 Å². The fourth-order valence-corrected chi connectivity index (χ4v) is 17.2. The number of allylic oxidation sites excluding steroid dienone is 2. The molecule has 3 saturated carbocycles. The van der Waals surface area contributed by atoms with Crippen molar-refractivity contribution in [2.24, 2.45) is 17.3 Å². The van der Waals surface area contributed by atoms with E-state index in [1.807, 2.05) is 188 Å². The number of aliphatic hydroxyl groups is 6. The minimum atomic E-state index is -0.375. The summed E-state index contributed by atoms with van der Waals surface area (Å²) >= 11 is 0. The predicted molar refractivity (Wildman–Crippen MR) is 540 cm³/mol. The number of pyridine rings is 3. The van der Waals surface area contributed by atoms with Crippen LogP contribution in [0.1, 0.15) is 182 Å². The molecular formula is C116H134Ir3N9O6. The summed E-state index contributed by atoms with van der Waals surface area (Å²) < 4.78 is 0. The summed E-state index contributed by atoms with van der Waals surface area (Å²) in [6.07, 6.45) is 30.4. The maximum absolute atomic E-state index is 8.56. The third kappa shape index (κ3) is 34.8. The van der Waals surface area contributed by atoms with E-state index in [0.717, 1.165) is 56.8 Å². The van der Waals surface area contributed by atoms with Crippen LogP contribution in [0.3, 0.4) is 0 Å². The molecule has 134 heavy (non-hydrogen) atoms. The average Bonchev–Trinajstić information content (AvgIpc) is 1.65. The van der Waals surface area contributed by atoms with Crippen molar-refractivity contribution in [1.82, 2.24) is 29.7 Å². The van der Waals surface area contributed by atoms with Gasteiger partial charge in [0.15, 0.2) is 0 Å². The van der Waals surface area contributed by atoms with Gasteiger partial charge in [-0.05, 0) is 254 Å². The monoisotopic (exact) mass is 2330 g/mol. The zero-order valence-corrected chi connectivity index (χ0v) is 86.6. The fourth-order valence-electron chi connectivity index (χ4n) is 17.2. The van der Waals surface area contributed by atoms with E-state index in [2.05, 4.69) is 245 Å². The molecule has 18 heteroatoms. The van der Waals surface area contributed by atoms with E-state index < -0.39 is 0 Å². The van der Waals surface area contributed by atoms with E-state index in [4.69, 9.17) is 30.6 Å². The summed E-state index contributed by atoms with van der Waals surface area (Å²) in [4.78, 5) is 26.6. The fraction of sp³-hybridized carbons (Fsp3) is 0.328. The van der Waals surface area contributed by atoms with Crippen molar-refractivity contribution in [2.75, 3.05) is 35.8 Å². The Morgan fingerprint density at radius 3 is 0.978 bits per heavy atom. The number of hydrogen-bond donors (Lipinski definition) is 6. The molecule has 15 nitrogen and oxygen atoms in total. The van der Waals surface area contributed by atoms with Crippen molar-refractivity contribution in [2.45, 2.75) is 207 Å². The number of rotatable bonds is 16. The molecule has 3 aromatic heterocycles. The van der Waals surface area contributed by atoms with Gasteiger partial charge in [-0.15, -0.1) is 125 Å². The Hall–Kier alpha value is -9.84. The van der Waals surface area contributed by atoms with Gasteiger partial charge in [0.25, 0.3) is 0 Å². The summed E-state index contributed by atoms with van der Waals surface area (Å²) in [6, 6.07) is 108. The average molecular weight is 2330 g/mol. The van der Waals surface area contributed by atoms with Gasteiger partial charge in [0.1, 0.15) is 0 Å². The summed E-state index contributed by atoms with van der Waals surface area (Å²) in [7, 11) is 6.31. The number of para-hydroxylation sites is 3. The first kappa shape index (κ1) is 109. The van der Waals surface area contributed by atoms with Gasteiger partial charge in [-0.1, -0.05) is 149 Å². The van der Waals surface area contributed by atoms with Crippen molar-refractivity contribution in [3.05, 3.63) is 377 Å². The minimum Gasteiger partial charge on any atom is -0.510 e. The molecule has 10 aromatic carbocycles. The van der Waals surface area contributed by atoms with Gasteiger partial charge in [0, 0.05) is 35.7 Å². The predicted octanol–water partition coefficient (Wildman–Crippen LogP) is 25.1. The van der Waals surface area contributed by atoms with E-state index in [1.54, 1.807) is 41.5 Å². The van der Waals surface area contributed by atoms with Crippen molar-refractivity contribution in [1.29, 1.82) is 0 Å². The van der Waals surface area contributed by atoms with Crippen LogP contribution in [0.25, 0.3) is 71.8 Å². The largest absolute Gasteiger partial charge is 3.00 e. The number of benzene rings is 10. The van der Waals surface area contributed by atoms with Crippen LogP contribution in [0, 0.1) is 73.7 Å². The van der Waals surface area contributed by atoms with Crippen LogP contribution in [-0.4, -0.2) is 118 Å². The zero-order chi connectivity index (χ0) is 92.9. The number of fused-ring (bicyclic) bond motifs is 3. The molecule has 3 fully saturated rings. The first-order valence-corrected chi connectivity index (χ1v) is 46.7. The second-order valence-electron chi connectivity index (χ2n) is 35.8. The minimum absolute atomic E-state index is 0. The Labute approximate surface area is 840 Å². The molecule has 6 unspecified atom stereocenters. The molecule has 6 aliphatic rings. The van der Waals surface area contributed by atoms with Crippen LogP contribution in [0.5, 0.6) is 0 Å². The first-order chi connectivity index (χ1) is 63.4. The quantitative estimate of drug-likeness (QED) is 0.0503. The molecule has 6 N–H and O–H groups in total. The van der Waals surface area contributed by atoms with Crippen LogP contribution in [0.15, 0.2) is 309 Å². The van der Waals surface area contributed by atoms with Gasteiger partial charge in [-0.2, -0.15) is 111 Å². The Balaban J connectivity index is 0.000000190. The number of nitrogens with zero attached hydrogens (tertiary/aromatic N) is 9. The number of hydrogen-bond acceptors (Lipinski definition) is 15. The molecule has 0 bridgehead atoms. The second-order valence-corrected chi connectivity index (χ2v) is 35.8. The normalized spacial score (nSPS) is 16.4. The van der Waals surface area contributed by atoms with E-state index in [0.29, 0.717) is 36.5 Å². The summed E-state index contributed by atoms with van der Waals surface area (Å²) in [5, 5.41) is 58.5. The maximum atomic E-state index is 8.56. The van der Waals surface area contributed by atoms with Crippen molar-refractivity contribution >= 4 is 55.1 Å². The van der Waals surface area contributed by atoms with E-state index in [-0.39, 0.29) is 96.9 Å². The molecule has 0 saturated heterocycles.